The molecular weight excluding hydrogens is 424 g/mol. The molecule has 1 heterocycles. The number of hydrogen-bond donors (Lipinski definition) is 1. The fourth-order valence-corrected chi connectivity index (χ4v) is 5.31. The molecule has 0 aliphatic heterocycles. The van der Waals surface area contributed by atoms with Crippen molar-refractivity contribution in [2.45, 2.75) is 56.1 Å². The van der Waals surface area contributed by atoms with E-state index in [2.05, 4.69) is 11.1 Å². The molecular formula is C29H32N2O3. The number of benzene rings is 2. The van der Waals surface area contributed by atoms with Gasteiger partial charge in [-0.2, -0.15) is 0 Å². The average Bonchev–Trinajstić information content (AvgIpc) is 3.57. The van der Waals surface area contributed by atoms with Gasteiger partial charge in [0.25, 0.3) is 0 Å². The molecule has 2 fully saturated rings. The maximum absolute atomic E-state index is 12.6. The van der Waals surface area contributed by atoms with E-state index >= 15 is 0 Å². The van der Waals surface area contributed by atoms with E-state index in [-0.39, 0.29) is 0 Å². The number of rotatable bonds is 9. The molecule has 0 atom stereocenters. The third-order valence-corrected chi connectivity index (χ3v) is 7.63. The standard InChI is InChI=1S/C29H32N2O3/c1-22(24-8-4-2-5-9-24)21-34-29(26-30-18-19-31(26)20-23-12-13-23)16-14-28(15-17-29,27(32)33)25-10-6-3-7-11-25/h2-11,18-19,23H,1,12-17,20-21H2,(H,32,33)/t28-,29+. The van der Waals surface area contributed by atoms with Gasteiger partial charge in [0, 0.05) is 18.9 Å². The van der Waals surface area contributed by atoms with Gasteiger partial charge in [-0.3, -0.25) is 4.79 Å². The van der Waals surface area contributed by atoms with Crippen molar-refractivity contribution in [3.8, 4) is 0 Å². The Morgan fingerprint density at radius 1 is 1.03 bits per heavy atom. The largest absolute Gasteiger partial charge is 0.481 e. The Bertz CT molecular complexity index is 1140. The molecule has 5 heteroatoms. The molecule has 2 aliphatic rings. The molecule has 34 heavy (non-hydrogen) atoms. The summed E-state index contributed by atoms with van der Waals surface area (Å²) in [6.07, 6.45) is 8.60. The second-order valence-corrected chi connectivity index (χ2v) is 9.85. The highest BCUT2D eigenvalue weighted by Gasteiger charge is 2.51. The Balaban J connectivity index is 1.44. The summed E-state index contributed by atoms with van der Waals surface area (Å²) in [5, 5.41) is 10.3. The van der Waals surface area contributed by atoms with E-state index in [1.54, 1.807) is 0 Å². The molecule has 0 saturated heterocycles. The van der Waals surface area contributed by atoms with E-state index in [0.717, 1.165) is 29.1 Å². The second kappa shape index (κ2) is 9.22. The number of aromatic nitrogens is 2. The van der Waals surface area contributed by atoms with Crippen LogP contribution in [0, 0.1) is 5.92 Å². The van der Waals surface area contributed by atoms with Crippen LogP contribution in [0.4, 0.5) is 0 Å². The number of imidazole rings is 1. The number of hydrogen-bond acceptors (Lipinski definition) is 3. The number of nitrogens with zero attached hydrogens (tertiary/aromatic N) is 2. The number of aliphatic carboxylic acids is 1. The predicted octanol–water partition coefficient (Wildman–Crippen LogP) is 5.82. The molecule has 0 unspecified atom stereocenters. The summed E-state index contributed by atoms with van der Waals surface area (Å²) in [4.78, 5) is 17.3. The van der Waals surface area contributed by atoms with Crippen molar-refractivity contribution in [2.24, 2.45) is 5.92 Å². The van der Waals surface area contributed by atoms with Crippen molar-refractivity contribution in [3.63, 3.8) is 0 Å². The number of carboxylic acids is 1. The van der Waals surface area contributed by atoms with Crippen LogP contribution in [0.3, 0.4) is 0 Å². The first kappa shape index (κ1) is 22.6. The second-order valence-electron chi connectivity index (χ2n) is 9.85. The van der Waals surface area contributed by atoms with Crippen molar-refractivity contribution in [1.29, 1.82) is 0 Å². The molecule has 2 saturated carbocycles. The molecule has 1 aromatic heterocycles. The SMILES string of the molecule is C=C(CO[C@]1(c2nccn2CC2CC2)CC[C@@](C(=O)O)(c2ccccc2)CC1)c1ccccc1. The Morgan fingerprint density at radius 2 is 1.68 bits per heavy atom. The smallest absolute Gasteiger partial charge is 0.314 e. The van der Waals surface area contributed by atoms with Gasteiger partial charge < -0.3 is 14.4 Å². The molecule has 0 radical (unpaired) electrons. The Morgan fingerprint density at radius 3 is 2.29 bits per heavy atom. The van der Waals surface area contributed by atoms with E-state index in [9.17, 15) is 9.90 Å². The zero-order chi connectivity index (χ0) is 23.6. The van der Waals surface area contributed by atoms with Gasteiger partial charge in [-0.25, -0.2) is 4.98 Å². The van der Waals surface area contributed by atoms with Crippen LogP contribution in [-0.4, -0.2) is 27.2 Å². The van der Waals surface area contributed by atoms with Crippen LogP contribution in [-0.2, 0) is 27.1 Å². The average molecular weight is 457 g/mol. The van der Waals surface area contributed by atoms with E-state index in [4.69, 9.17) is 9.72 Å². The highest BCUT2D eigenvalue weighted by Crippen LogP contribution is 2.49. The minimum absolute atomic E-state index is 0.381. The van der Waals surface area contributed by atoms with Crippen LogP contribution in [0.15, 0.2) is 79.6 Å². The first-order chi connectivity index (χ1) is 16.5. The summed E-state index contributed by atoms with van der Waals surface area (Å²) in [5.74, 6) is 0.866. The fraction of sp³-hybridized carbons (Fsp3) is 0.379. The lowest BCUT2D eigenvalue weighted by Gasteiger charge is -2.44. The molecule has 3 aromatic rings. The van der Waals surface area contributed by atoms with Crippen LogP contribution in [0.2, 0.25) is 0 Å². The molecule has 0 amide bonds. The Hall–Kier alpha value is -3.18. The minimum atomic E-state index is -0.904. The molecule has 0 bridgehead atoms. The molecule has 0 spiro atoms. The zero-order valence-corrected chi connectivity index (χ0v) is 19.5. The molecule has 1 N–H and O–H groups in total. The van der Waals surface area contributed by atoms with E-state index in [1.165, 1.54) is 12.8 Å². The van der Waals surface area contributed by atoms with Crippen molar-refractivity contribution in [2.75, 3.05) is 6.61 Å². The number of carbonyl (C=O) groups is 1. The van der Waals surface area contributed by atoms with Gasteiger partial charge in [-0.1, -0.05) is 67.2 Å². The summed E-state index contributed by atoms with van der Waals surface area (Å²) in [6.45, 7) is 5.59. The fourth-order valence-electron chi connectivity index (χ4n) is 5.31. The first-order valence-electron chi connectivity index (χ1n) is 12.2. The highest BCUT2D eigenvalue weighted by molar-refractivity contribution is 5.81. The normalized spacial score (nSPS) is 24.6. The van der Waals surface area contributed by atoms with Gasteiger partial charge >= 0.3 is 5.97 Å². The van der Waals surface area contributed by atoms with Gasteiger partial charge in [0.2, 0.25) is 0 Å². The topological polar surface area (TPSA) is 64.4 Å². The molecule has 2 aliphatic carbocycles. The predicted molar refractivity (Wildman–Crippen MR) is 132 cm³/mol. The van der Waals surface area contributed by atoms with Gasteiger partial charge in [0.15, 0.2) is 0 Å². The van der Waals surface area contributed by atoms with Crippen molar-refractivity contribution >= 4 is 11.5 Å². The maximum Gasteiger partial charge on any atom is 0.314 e. The lowest BCUT2D eigenvalue weighted by Crippen LogP contribution is -2.47. The summed E-state index contributed by atoms with van der Waals surface area (Å²) >= 11 is 0. The van der Waals surface area contributed by atoms with Gasteiger partial charge in [-0.05, 0) is 61.1 Å². The lowest BCUT2D eigenvalue weighted by molar-refractivity contribution is -0.150. The molecule has 176 valence electrons. The summed E-state index contributed by atoms with van der Waals surface area (Å²) in [6, 6.07) is 19.7. The minimum Gasteiger partial charge on any atom is -0.481 e. The molecule has 5 rings (SSSR count). The van der Waals surface area contributed by atoms with E-state index in [0.29, 0.717) is 38.2 Å². The highest BCUT2D eigenvalue weighted by atomic mass is 16.5. The zero-order valence-electron chi connectivity index (χ0n) is 19.5. The molecule has 2 aromatic carbocycles. The number of carboxylic acid groups (broad SMARTS) is 1. The van der Waals surface area contributed by atoms with Gasteiger partial charge in [0.1, 0.15) is 11.4 Å². The van der Waals surface area contributed by atoms with E-state index in [1.807, 2.05) is 73.1 Å². The number of ether oxygens (including phenoxy) is 1. The lowest BCUT2D eigenvalue weighted by atomic mass is 9.65. The summed E-state index contributed by atoms with van der Waals surface area (Å²) < 4.78 is 8.94. The quantitative estimate of drug-likeness (QED) is 0.441. The van der Waals surface area contributed by atoms with Crippen LogP contribution in [0.25, 0.3) is 5.57 Å². The van der Waals surface area contributed by atoms with E-state index < -0.39 is 17.0 Å². The Kier molecular flexibility index (Phi) is 6.13. The third-order valence-electron chi connectivity index (χ3n) is 7.63. The van der Waals surface area contributed by atoms with Crippen LogP contribution in [0.1, 0.15) is 55.5 Å². The third kappa shape index (κ3) is 4.32. The summed E-state index contributed by atoms with van der Waals surface area (Å²) in [5.41, 5.74) is 1.30. The Labute approximate surface area is 201 Å². The van der Waals surface area contributed by atoms with Crippen LogP contribution >= 0.6 is 0 Å². The van der Waals surface area contributed by atoms with Crippen molar-refractivity contribution in [3.05, 3.63) is 96.6 Å². The maximum atomic E-state index is 12.6. The van der Waals surface area contributed by atoms with Crippen LogP contribution < -0.4 is 0 Å². The summed E-state index contributed by atoms with van der Waals surface area (Å²) in [7, 11) is 0. The van der Waals surface area contributed by atoms with Crippen LogP contribution in [0.5, 0.6) is 0 Å². The van der Waals surface area contributed by atoms with Crippen molar-refractivity contribution < 1.29 is 14.6 Å². The monoisotopic (exact) mass is 456 g/mol. The molecule has 5 nitrogen and oxygen atoms in total. The van der Waals surface area contributed by atoms with Crippen molar-refractivity contribution in [1.82, 2.24) is 9.55 Å². The van der Waals surface area contributed by atoms with Gasteiger partial charge in [0.05, 0.1) is 12.0 Å². The van der Waals surface area contributed by atoms with Gasteiger partial charge in [-0.15, -0.1) is 0 Å². The first-order valence-corrected chi connectivity index (χ1v) is 12.2.